The summed E-state index contributed by atoms with van der Waals surface area (Å²) in [5.74, 6) is -0.659. The Morgan fingerprint density at radius 3 is 2.19 bits per heavy atom. The number of amides is 1. The first-order valence-electron chi connectivity index (χ1n) is 10.8. The molecule has 5 heteroatoms. The van der Waals surface area contributed by atoms with E-state index in [0.29, 0.717) is 19.4 Å². The lowest BCUT2D eigenvalue weighted by molar-refractivity contribution is -0.142. The molecule has 0 bridgehead atoms. The van der Waals surface area contributed by atoms with Gasteiger partial charge in [0.05, 0.1) is 0 Å². The number of aliphatic carboxylic acids is 1. The lowest BCUT2D eigenvalue weighted by Gasteiger charge is -2.19. The molecular weight excluding hydrogens is 340 g/mol. The molecule has 0 aliphatic carbocycles. The maximum Gasteiger partial charge on any atom is 0.320 e. The Labute approximate surface area is 166 Å². The first-order valence-corrected chi connectivity index (χ1v) is 10.8. The van der Waals surface area contributed by atoms with Crippen LogP contribution in [0.3, 0.4) is 0 Å². The Hall–Kier alpha value is -1.36. The van der Waals surface area contributed by atoms with Gasteiger partial charge in [0, 0.05) is 13.0 Å². The van der Waals surface area contributed by atoms with Crippen molar-refractivity contribution in [2.24, 2.45) is 0 Å². The average Bonchev–Trinajstić information content (AvgIpc) is 2.61. The van der Waals surface area contributed by atoms with E-state index in [0.717, 1.165) is 25.7 Å². The summed E-state index contributed by atoms with van der Waals surface area (Å²) in [6.45, 7) is 2.86. The number of rotatable bonds is 18. The fraction of sp³-hybridized carbons (Fsp3) is 0.818. The number of nitrogens with zero attached hydrogens (tertiary/aromatic N) is 1. The predicted molar refractivity (Wildman–Crippen MR) is 113 cm³/mol. The first kappa shape index (κ1) is 25.6. The molecule has 0 aromatic heterocycles. The summed E-state index contributed by atoms with van der Waals surface area (Å²) in [6.07, 6.45) is 18.2. The van der Waals surface area contributed by atoms with Crippen LogP contribution in [0.1, 0.15) is 90.4 Å². The Kier molecular flexibility index (Phi) is 17.1. The molecule has 0 aromatic rings. The lowest BCUT2D eigenvalue weighted by Crippen LogP contribution is -2.35. The highest BCUT2D eigenvalue weighted by molar-refractivity contribution is 5.75. The predicted octanol–water partition coefficient (Wildman–Crippen LogP) is 4.76. The molecule has 0 saturated heterocycles. The van der Waals surface area contributed by atoms with Crippen LogP contribution in [-0.2, 0) is 9.59 Å². The number of carboxylic acids is 1. The van der Waals surface area contributed by atoms with Gasteiger partial charge in [-0.3, -0.25) is 14.5 Å². The third kappa shape index (κ3) is 16.5. The first-order chi connectivity index (χ1) is 13.0. The Morgan fingerprint density at radius 1 is 0.926 bits per heavy atom. The van der Waals surface area contributed by atoms with Gasteiger partial charge in [-0.15, -0.1) is 0 Å². The van der Waals surface area contributed by atoms with Gasteiger partial charge in [0.1, 0.15) is 6.04 Å². The van der Waals surface area contributed by atoms with Crippen molar-refractivity contribution in [1.82, 2.24) is 10.2 Å². The molecule has 0 spiro atoms. The van der Waals surface area contributed by atoms with Gasteiger partial charge in [0.15, 0.2) is 0 Å². The zero-order chi connectivity index (χ0) is 20.3. The summed E-state index contributed by atoms with van der Waals surface area (Å²) >= 11 is 0. The maximum absolute atomic E-state index is 11.8. The summed E-state index contributed by atoms with van der Waals surface area (Å²) in [7, 11) is 3.57. The molecule has 0 saturated carbocycles. The highest BCUT2D eigenvalue weighted by atomic mass is 16.4. The highest BCUT2D eigenvalue weighted by Gasteiger charge is 2.18. The molecule has 0 aliphatic heterocycles. The molecular formula is C22H42N2O3. The number of carbonyl (C=O) groups is 2. The number of hydrogen-bond donors (Lipinski definition) is 2. The van der Waals surface area contributed by atoms with Crippen LogP contribution in [0.15, 0.2) is 12.2 Å². The summed E-state index contributed by atoms with van der Waals surface area (Å²) < 4.78 is 0. The zero-order valence-corrected chi connectivity index (χ0v) is 17.8. The van der Waals surface area contributed by atoms with Gasteiger partial charge in [-0.25, -0.2) is 0 Å². The molecule has 0 radical (unpaired) electrons. The van der Waals surface area contributed by atoms with Crippen molar-refractivity contribution >= 4 is 11.9 Å². The molecule has 27 heavy (non-hydrogen) atoms. The molecule has 0 aromatic carbocycles. The Bertz CT molecular complexity index is 408. The molecule has 0 rings (SSSR count). The van der Waals surface area contributed by atoms with Crippen LogP contribution >= 0.6 is 0 Å². The van der Waals surface area contributed by atoms with Gasteiger partial charge in [0.2, 0.25) is 5.91 Å². The van der Waals surface area contributed by atoms with Gasteiger partial charge < -0.3 is 10.4 Å². The number of hydrogen-bond acceptors (Lipinski definition) is 3. The monoisotopic (exact) mass is 382 g/mol. The fourth-order valence-electron chi connectivity index (χ4n) is 3.02. The third-order valence-corrected chi connectivity index (χ3v) is 4.80. The number of likely N-dealkylation sites (N-methyl/N-ethyl adjacent to an activating group) is 1. The normalized spacial score (nSPS) is 12.6. The highest BCUT2D eigenvalue weighted by Crippen LogP contribution is 2.09. The van der Waals surface area contributed by atoms with Crippen molar-refractivity contribution in [2.75, 3.05) is 20.6 Å². The van der Waals surface area contributed by atoms with Crippen molar-refractivity contribution < 1.29 is 14.7 Å². The average molecular weight is 383 g/mol. The molecule has 0 heterocycles. The van der Waals surface area contributed by atoms with E-state index < -0.39 is 12.0 Å². The second kappa shape index (κ2) is 18.0. The summed E-state index contributed by atoms with van der Waals surface area (Å²) in [6, 6.07) is -0.437. The second-order valence-corrected chi connectivity index (χ2v) is 7.58. The van der Waals surface area contributed by atoms with Crippen molar-refractivity contribution in [2.45, 2.75) is 96.4 Å². The minimum atomic E-state index is -0.781. The molecule has 0 aliphatic rings. The standard InChI is InChI=1S/C22H42N2O3/c1-4-5-6-7-8-9-10-11-12-13-14-18-21(25)23-19-16-15-17-20(22(26)27)24(2)3/h7-8,20H,4-6,9-19H2,1-3H3,(H,23,25)(H,26,27)/b8-7+/t20-/m0/s1. The van der Waals surface area contributed by atoms with Crippen LogP contribution in [0.2, 0.25) is 0 Å². The quantitative estimate of drug-likeness (QED) is 0.265. The largest absolute Gasteiger partial charge is 0.480 e. The van der Waals surface area contributed by atoms with Gasteiger partial charge in [-0.1, -0.05) is 51.2 Å². The van der Waals surface area contributed by atoms with Gasteiger partial charge in [0.25, 0.3) is 0 Å². The number of allylic oxidation sites excluding steroid dienone is 2. The van der Waals surface area contributed by atoms with E-state index in [2.05, 4.69) is 24.4 Å². The van der Waals surface area contributed by atoms with Crippen molar-refractivity contribution in [3.05, 3.63) is 12.2 Å². The van der Waals surface area contributed by atoms with Crippen LogP contribution < -0.4 is 5.32 Å². The van der Waals surface area contributed by atoms with Crippen molar-refractivity contribution in [1.29, 1.82) is 0 Å². The van der Waals surface area contributed by atoms with E-state index in [1.54, 1.807) is 19.0 Å². The summed E-state index contributed by atoms with van der Waals surface area (Å²) in [5, 5.41) is 12.0. The van der Waals surface area contributed by atoms with E-state index in [4.69, 9.17) is 5.11 Å². The zero-order valence-electron chi connectivity index (χ0n) is 17.8. The maximum atomic E-state index is 11.8. The van der Waals surface area contributed by atoms with Gasteiger partial charge >= 0.3 is 5.97 Å². The number of carboxylic acid groups (broad SMARTS) is 1. The van der Waals surface area contributed by atoms with E-state index in [-0.39, 0.29) is 5.91 Å². The van der Waals surface area contributed by atoms with Gasteiger partial charge in [-0.2, -0.15) is 0 Å². The van der Waals surface area contributed by atoms with Crippen molar-refractivity contribution in [3.63, 3.8) is 0 Å². The van der Waals surface area contributed by atoms with E-state index in [9.17, 15) is 9.59 Å². The van der Waals surface area contributed by atoms with Crippen LogP contribution in [-0.4, -0.2) is 48.6 Å². The molecule has 1 atom stereocenters. The Morgan fingerprint density at radius 2 is 1.56 bits per heavy atom. The summed E-state index contributed by atoms with van der Waals surface area (Å²) in [4.78, 5) is 24.6. The topological polar surface area (TPSA) is 69.6 Å². The van der Waals surface area contributed by atoms with Crippen LogP contribution in [0, 0.1) is 0 Å². The van der Waals surface area contributed by atoms with Crippen LogP contribution in [0.25, 0.3) is 0 Å². The van der Waals surface area contributed by atoms with E-state index in [1.165, 1.54) is 44.9 Å². The number of unbranched alkanes of at least 4 members (excludes halogenated alkanes) is 8. The molecule has 2 N–H and O–H groups in total. The SMILES string of the molecule is CCCC/C=C/CCCCCCCC(=O)NCCCC[C@@H](C(=O)O)N(C)C. The molecule has 1 amide bonds. The lowest BCUT2D eigenvalue weighted by atomic mass is 10.1. The Balaban J connectivity index is 3.44. The minimum Gasteiger partial charge on any atom is -0.480 e. The summed E-state index contributed by atoms with van der Waals surface area (Å²) in [5.41, 5.74) is 0. The fourth-order valence-corrected chi connectivity index (χ4v) is 3.02. The minimum absolute atomic E-state index is 0.122. The van der Waals surface area contributed by atoms with Crippen molar-refractivity contribution in [3.8, 4) is 0 Å². The second-order valence-electron chi connectivity index (χ2n) is 7.58. The van der Waals surface area contributed by atoms with Crippen LogP contribution in [0.4, 0.5) is 0 Å². The smallest absolute Gasteiger partial charge is 0.320 e. The number of carbonyl (C=O) groups excluding carboxylic acids is 1. The van der Waals surface area contributed by atoms with Crippen LogP contribution in [0.5, 0.6) is 0 Å². The van der Waals surface area contributed by atoms with E-state index >= 15 is 0 Å². The van der Waals surface area contributed by atoms with E-state index in [1.807, 2.05) is 0 Å². The molecule has 0 unspecified atom stereocenters. The molecule has 5 nitrogen and oxygen atoms in total. The number of nitrogens with one attached hydrogen (secondary N) is 1. The van der Waals surface area contributed by atoms with Gasteiger partial charge in [-0.05, 0) is 59.0 Å². The molecule has 0 fully saturated rings. The molecule has 158 valence electrons. The third-order valence-electron chi connectivity index (χ3n) is 4.80.